The summed E-state index contributed by atoms with van der Waals surface area (Å²) in [6.07, 6.45) is 0. The van der Waals surface area contributed by atoms with Crippen LogP contribution in [0.15, 0.2) is 24.3 Å². The summed E-state index contributed by atoms with van der Waals surface area (Å²) in [7, 11) is 1.73. The zero-order valence-electron chi connectivity index (χ0n) is 13.2. The van der Waals surface area contributed by atoms with Crippen LogP contribution in [0.2, 0.25) is 0 Å². The molecule has 4 heteroatoms. The fraction of sp³-hybridized carbons (Fsp3) is 0.647. The summed E-state index contributed by atoms with van der Waals surface area (Å²) in [4.78, 5) is 5.09. The van der Waals surface area contributed by atoms with Crippen LogP contribution < -0.4 is 15.0 Å². The summed E-state index contributed by atoms with van der Waals surface area (Å²) in [6, 6.07) is 8.40. The minimum absolute atomic E-state index is 0.814. The van der Waals surface area contributed by atoms with Gasteiger partial charge >= 0.3 is 0 Å². The molecule has 1 N–H and O–H groups in total. The second-order valence-corrected chi connectivity index (χ2v) is 6.38. The van der Waals surface area contributed by atoms with E-state index in [1.165, 1.54) is 38.4 Å². The highest BCUT2D eigenvalue weighted by atomic mass is 16.5. The van der Waals surface area contributed by atoms with E-state index in [4.69, 9.17) is 4.74 Å². The Balaban J connectivity index is 1.50. The predicted molar refractivity (Wildman–Crippen MR) is 87.2 cm³/mol. The van der Waals surface area contributed by atoms with Gasteiger partial charge in [0.2, 0.25) is 0 Å². The Bertz CT molecular complexity index is 453. The highest BCUT2D eigenvalue weighted by Gasteiger charge is 2.26. The highest BCUT2D eigenvalue weighted by molar-refractivity contribution is 5.51. The van der Waals surface area contributed by atoms with Crippen molar-refractivity contribution >= 4 is 5.69 Å². The Morgan fingerprint density at radius 1 is 1.24 bits per heavy atom. The van der Waals surface area contributed by atoms with Gasteiger partial charge < -0.3 is 15.0 Å². The smallest absolute Gasteiger partial charge is 0.120 e. The van der Waals surface area contributed by atoms with Crippen LogP contribution in [-0.4, -0.2) is 57.8 Å². The SMILES string of the molecule is COc1cccc(N2CCN(CC(C)C3CNC3)CC2)c1. The molecule has 0 bridgehead atoms. The molecule has 0 aromatic heterocycles. The van der Waals surface area contributed by atoms with Crippen molar-refractivity contribution in [3.05, 3.63) is 24.3 Å². The topological polar surface area (TPSA) is 27.7 Å². The maximum Gasteiger partial charge on any atom is 0.120 e. The van der Waals surface area contributed by atoms with Crippen LogP contribution in [0.5, 0.6) is 5.75 Å². The Kier molecular flexibility index (Phi) is 4.66. The highest BCUT2D eigenvalue weighted by Crippen LogP contribution is 2.23. The largest absolute Gasteiger partial charge is 0.497 e. The molecule has 2 fully saturated rings. The van der Waals surface area contributed by atoms with Gasteiger partial charge in [-0.15, -0.1) is 0 Å². The number of ether oxygens (including phenoxy) is 1. The molecule has 1 unspecified atom stereocenters. The van der Waals surface area contributed by atoms with Crippen molar-refractivity contribution in [3.63, 3.8) is 0 Å². The third-order valence-corrected chi connectivity index (χ3v) is 4.95. The number of benzene rings is 1. The molecule has 0 amide bonds. The lowest BCUT2D eigenvalue weighted by atomic mass is 9.88. The summed E-state index contributed by atoms with van der Waals surface area (Å²) in [5.74, 6) is 2.65. The zero-order valence-corrected chi connectivity index (χ0v) is 13.2. The number of methoxy groups -OCH3 is 1. The summed E-state index contributed by atoms with van der Waals surface area (Å²) >= 11 is 0. The average molecular weight is 289 g/mol. The Hall–Kier alpha value is -1.26. The van der Waals surface area contributed by atoms with Gasteiger partial charge in [-0.1, -0.05) is 13.0 Å². The molecule has 21 heavy (non-hydrogen) atoms. The molecule has 2 aliphatic heterocycles. The van der Waals surface area contributed by atoms with Crippen molar-refractivity contribution in [2.75, 3.05) is 57.8 Å². The fourth-order valence-corrected chi connectivity index (χ4v) is 3.27. The number of piperazine rings is 1. The Morgan fingerprint density at radius 2 is 2.00 bits per heavy atom. The fourth-order valence-electron chi connectivity index (χ4n) is 3.27. The molecule has 1 atom stereocenters. The van der Waals surface area contributed by atoms with E-state index < -0.39 is 0 Å². The molecular weight excluding hydrogens is 262 g/mol. The number of nitrogens with zero attached hydrogens (tertiary/aromatic N) is 2. The first kappa shape index (κ1) is 14.7. The van der Waals surface area contributed by atoms with E-state index in [1.54, 1.807) is 7.11 Å². The maximum absolute atomic E-state index is 5.32. The first-order chi connectivity index (χ1) is 10.3. The van der Waals surface area contributed by atoms with Crippen LogP contribution in [0.3, 0.4) is 0 Å². The van der Waals surface area contributed by atoms with Crippen molar-refractivity contribution in [1.82, 2.24) is 10.2 Å². The van der Waals surface area contributed by atoms with Crippen molar-refractivity contribution in [2.45, 2.75) is 6.92 Å². The predicted octanol–water partition coefficient (Wildman–Crippen LogP) is 1.67. The molecule has 1 aromatic carbocycles. The monoisotopic (exact) mass is 289 g/mol. The zero-order chi connectivity index (χ0) is 14.7. The van der Waals surface area contributed by atoms with E-state index >= 15 is 0 Å². The quantitative estimate of drug-likeness (QED) is 0.892. The van der Waals surface area contributed by atoms with E-state index in [9.17, 15) is 0 Å². The van der Waals surface area contributed by atoms with E-state index in [2.05, 4.69) is 40.2 Å². The molecule has 1 aromatic rings. The van der Waals surface area contributed by atoms with Gasteiger partial charge in [0.15, 0.2) is 0 Å². The lowest BCUT2D eigenvalue weighted by molar-refractivity contribution is 0.160. The molecule has 0 spiro atoms. The first-order valence-corrected chi connectivity index (χ1v) is 8.08. The number of rotatable bonds is 5. The molecule has 2 saturated heterocycles. The van der Waals surface area contributed by atoms with Crippen molar-refractivity contribution in [2.24, 2.45) is 11.8 Å². The van der Waals surface area contributed by atoms with Crippen LogP contribution in [0, 0.1) is 11.8 Å². The summed E-state index contributed by atoms with van der Waals surface area (Å²) in [6.45, 7) is 10.6. The van der Waals surface area contributed by atoms with Gasteiger partial charge in [0.05, 0.1) is 7.11 Å². The summed E-state index contributed by atoms with van der Waals surface area (Å²) in [5.41, 5.74) is 1.28. The minimum atomic E-state index is 0.814. The molecule has 0 radical (unpaired) electrons. The normalized spacial score (nSPS) is 21.9. The average Bonchev–Trinajstić information content (AvgIpc) is 2.46. The van der Waals surface area contributed by atoms with Gasteiger partial charge in [-0.25, -0.2) is 0 Å². The third-order valence-electron chi connectivity index (χ3n) is 4.95. The number of nitrogens with one attached hydrogen (secondary N) is 1. The van der Waals surface area contributed by atoms with Crippen molar-refractivity contribution < 1.29 is 4.74 Å². The molecular formula is C17H27N3O. The molecule has 3 rings (SSSR count). The van der Waals surface area contributed by atoms with Crippen molar-refractivity contribution in [3.8, 4) is 5.75 Å². The van der Waals surface area contributed by atoms with Gasteiger partial charge in [0.25, 0.3) is 0 Å². The van der Waals surface area contributed by atoms with E-state index in [0.29, 0.717) is 0 Å². The van der Waals surface area contributed by atoms with Crippen LogP contribution in [0.4, 0.5) is 5.69 Å². The maximum atomic E-state index is 5.32. The Labute approximate surface area is 128 Å². The molecule has 0 saturated carbocycles. The number of hydrogen-bond donors (Lipinski definition) is 1. The summed E-state index contributed by atoms with van der Waals surface area (Å²) in [5, 5.41) is 3.38. The second kappa shape index (κ2) is 6.67. The molecule has 0 aliphatic carbocycles. The first-order valence-electron chi connectivity index (χ1n) is 8.08. The minimum Gasteiger partial charge on any atom is -0.497 e. The van der Waals surface area contributed by atoms with Crippen LogP contribution in [0.1, 0.15) is 6.92 Å². The van der Waals surface area contributed by atoms with E-state index in [0.717, 1.165) is 30.7 Å². The van der Waals surface area contributed by atoms with Gasteiger partial charge in [-0.05, 0) is 37.1 Å². The molecule has 116 valence electrons. The van der Waals surface area contributed by atoms with Crippen LogP contribution >= 0.6 is 0 Å². The lowest BCUT2D eigenvalue weighted by Gasteiger charge is -2.40. The third kappa shape index (κ3) is 3.50. The number of anilines is 1. The van der Waals surface area contributed by atoms with Gasteiger partial charge in [0, 0.05) is 44.5 Å². The van der Waals surface area contributed by atoms with Crippen LogP contribution in [-0.2, 0) is 0 Å². The van der Waals surface area contributed by atoms with E-state index in [1.807, 2.05) is 6.07 Å². The van der Waals surface area contributed by atoms with Crippen LogP contribution in [0.25, 0.3) is 0 Å². The van der Waals surface area contributed by atoms with Crippen molar-refractivity contribution in [1.29, 1.82) is 0 Å². The Morgan fingerprint density at radius 3 is 2.62 bits per heavy atom. The molecule has 2 heterocycles. The lowest BCUT2D eigenvalue weighted by Crippen LogP contribution is -2.52. The van der Waals surface area contributed by atoms with Gasteiger partial charge in [-0.3, -0.25) is 4.90 Å². The van der Waals surface area contributed by atoms with E-state index in [-0.39, 0.29) is 0 Å². The standard InChI is InChI=1S/C17H27N3O/c1-14(15-11-18-12-15)13-19-6-8-20(9-7-19)16-4-3-5-17(10-16)21-2/h3-5,10,14-15,18H,6-9,11-13H2,1-2H3. The summed E-state index contributed by atoms with van der Waals surface area (Å²) < 4.78 is 5.32. The second-order valence-electron chi connectivity index (χ2n) is 6.38. The van der Waals surface area contributed by atoms with Gasteiger partial charge in [0.1, 0.15) is 5.75 Å². The molecule has 4 nitrogen and oxygen atoms in total. The number of hydrogen-bond acceptors (Lipinski definition) is 4. The molecule has 2 aliphatic rings. The van der Waals surface area contributed by atoms with Gasteiger partial charge in [-0.2, -0.15) is 0 Å².